The predicted molar refractivity (Wildman–Crippen MR) is 50.6 cm³/mol. The monoisotopic (exact) mass is 240 g/mol. The van der Waals surface area contributed by atoms with Gasteiger partial charge in [0.05, 0.1) is 0 Å². The summed E-state index contributed by atoms with van der Waals surface area (Å²) >= 11 is 1.05. The fourth-order valence-electron chi connectivity index (χ4n) is 1.41. The van der Waals surface area contributed by atoms with Gasteiger partial charge in [0.2, 0.25) is 0 Å². The van der Waals surface area contributed by atoms with Crippen molar-refractivity contribution < 1.29 is 49.0 Å². The van der Waals surface area contributed by atoms with E-state index in [2.05, 4.69) is 0 Å². The minimum absolute atomic E-state index is 0. The minimum Gasteiger partial charge on any atom is -0.550 e. The van der Waals surface area contributed by atoms with E-state index in [4.69, 9.17) is 4.74 Å². The molecule has 0 aromatic rings. The predicted octanol–water partition coefficient (Wildman–Crippen LogP) is -3.18. The quantitative estimate of drug-likeness (QED) is 0.487. The van der Waals surface area contributed by atoms with E-state index in [1.54, 1.807) is 0 Å². The number of carboxylic acids is 1. The molecular formula is C9H13NaO4S. The SMILES string of the molecule is CC(=O)SCC1(C(=O)[O-])CCOCC1.[Na+]. The zero-order valence-electron chi connectivity index (χ0n) is 9.08. The van der Waals surface area contributed by atoms with E-state index in [0.717, 1.165) is 11.8 Å². The molecule has 1 rings (SSSR count). The largest absolute Gasteiger partial charge is 1.00 e. The van der Waals surface area contributed by atoms with Crippen molar-refractivity contribution in [1.82, 2.24) is 0 Å². The van der Waals surface area contributed by atoms with Gasteiger partial charge in [-0.25, -0.2) is 0 Å². The van der Waals surface area contributed by atoms with Gasteiger partial charge in [0.25, 0.3) is 0 Å². The number of aliphatic carboxylic acids is 1. The zero-order chi connectivity index (χ0) is 10.6. The molecule has 0 bridgehead atoms. The summed E-state index contributed by atoms with van der Waals surface area (Å²) in [6.07, 6.45) is 0.880. The molecule has 1 fully saturated rings. The van der Waals surface area contributed by atoms with Crippen LogP contribution >= 0.6 is 11.8 Å². The van der Waals surface area contributed by atoms with Crippen LogP contribution < -0.4 is 34.7 Å². The third-order valence-electron chi connectivity index (χ3n) is 2.43. The first-order chi connectivity index (χ1) is 6.57. The summed E-state index contributed by atoms with van der Waals surface area (Å²) in [6.45, 7) is 2.31. The van der Waals surface area contributed by atoms with Crippen LogP contribution in [-0.4, -0.2) is 30.1 Å². The van der Waals surface area contributed by atoms with E-state index < -0.39 is 11.4 Å². The standard InChI is InChI=1S/C9H14O4S.Na/c1-7(10)14-6-9(8(11)12)2-4-13-5-3-9;/h2-6H2,1H3,(H,11,12);/q;+1/p-1. The molecule has 1 heterocycles. The Balaban J connectivity index is 0.00000196. The van der Waals surface area contributed by atoms with E-state index in [0.29, 0.717) is 31.8 Å². The molecule has 0 aromatic carbocycles. The fraction of sp³-hybridized carbons (Fsp3) is 0.778. The summed E-state index contributed by atoms with van der Waals surface area (Å²) in [5, 5.41) is 10.9. The molecule has 1 saturated heterocycles. The summed E-state index contributed by atoms with van der Waals surface area (Å²) in [7, 11) is 0. The normalized spacial score (nSPS) is 19.0. The van der Waals surface area contributed by atoms with E-state index >= 15 is 0 Å². The molecule has 0 saturated carbocycles. The third kappa shape index (κ3) is 4.44. The molecule has 0 spiro atoms. The topological polar surface area (TPSA) is 66.4 Å². The van der Waals surface area contributed by atoms with Crippen LogP contribution in [0, 0.1) is 5.41 Å². The van der Waals surface area contributed by atoms with Crippen molar-refractivity contribution in [1.29, 1.82) is 0 Å². The molecule has 1 aliphatic rings. The van der Waals surface area contributed by atoms with Gasteiger partial charge in [0.1, 0.15) is 0 Å². The molecule has 0 aromatic heterocycles. The molecule has 4 nitrogen and oxygen atoms in total. The van der Waals surface area contributed by atoms with E-state index in [1.165, 1.54) is 6.92 Å². The Bertz CT molecular complexity index is 238. The second-order valence-electron chi connectivity index (χ2n) is 3.46. The van der Waals surface area contributed by atoms with Crippen LogP contribution in [0.5, 0.6) is 0 Å². The van der Waals surface area contributed by atoms with Crippen LogP contribution in [0.3, 0.4) is 0 Å². The van der Waals surface area contributed by atoms with Crippen molar-refractivity contribution in [2.24, 2.45) is 5.41 Å². The fourth-order valence-corrected chi connectivity index (χ4v) is 2.30. The van der Waals surface area contributed by atoms with Gasteiger partial charge < -0.3 is 14.6 Å². The van der Waals surface area contributed by atoms with Gasteiger partial charge in [-0.05, 0) is 12.8 Å². The first-order valence-electron chi connectivity index (χ1n) is 4.49. The summed E-state index contributed by atoms with van der Waals surface area (Å²) in [6, 6.07) is 0. The molecule has 0 radical (unpaired) electrons. The van der Waals surface area contributed by atoms with Gasteiger partial charge in [0, 0.05) is 37.3 Å². The maximum Gasteiger partial charge on any atom is 1.00 e. The average Bonchev–Trinajstić information content (AvgIpc) is 2.16. The van der Waals surface area contributed by atoms with Crippen molar-refractivity contribution in [2.75, 3.05) is 19.0 Å². The Labute approximate surface area is 115 Å². The molecule has 0 atom stereocenters. The molecule has 1 aliphatic heterocycles. The number of thioether (sulfide) groups is 1. The third-order valence-corrected chi connectivity index (χ3v) is 3.54. The summed E-state index contributed by atoms with van der Waals surface area (Å²) in [5.41, 5.74) is -0.866. The molecular weight excluding hydrogens is 227 g/mol. The van der Waals surface area contributed by atoms with Crippen LogP contribution in [0.25, 0.3) is 0 Å². The summed E-state index contributed by atoms with van der Waals surface area (Å²) in [4.78, 5) is 21.8. The first-order valence-corrected chi connectivity index (χ1v) is 5.48. The number of carbonyl (C=O) groups is 2. The molecule has 15 heavy (non-hydrogen) atoms. The Hall–Kier alpha value is 0.450. The van der Waals surface area contributed by atoms with Crippen LogP contribution in [0.1, 0.15) is 19.8 Å². The van der Waals surface area contributed by atoms with Gasteiger partial charge >= 0.3 is 29.6 Å². The first kappa shape index (κ1) is 15.4. The molecule has 0 N–H and O–H groups in total. The van der Waals surface area contributed by atoms with Crippen LogP contribution in [-0.2, 0) is 14.3 Å². The van der Waals surface area contributed by atoms with Gasteiger partial charge in [0.15, 0.2) is 5.12 Å². The number of carbonyl (C=O) groups excluding carboxylic acids is 2. The zero-order valence-corrected chi connectivity index (χ0v) is 11.9. The smallest absolute Gasteiger partial charge is 0.550 e. The van der Waals surface area contributed by atoms with Gasteiger partial charge in [-0.2, -0.15) is 0 Å². The van der Waals surface area contributed by atoms with Crippen molar-refractivity contribution in [3.05, 3.63) is 0 Å². The van der Waals surface area contributed by atoms with Gasteiger partial charge in [-0.3, -0.25) is 4.79 Å². The van der Waals surface area contributed by atoms with Crippen LogP contribution in [0.4, 0.5) is 0 Å². The van der Waals surface area contributed by atoms with Gasteiger partial charge in [-0.15, -0.1) is 0 Å². The van der Waals surface area contributed by atoms with Crippen molar-refractivity contribution in [3.63, 3.8) is 0 Å². The average molecular weight is 240 g/mol. The number of ether oxygens (including phenoxy) is 1. The van der Waals surface area contributed by atoms with E-state index in [-0.39, 0.29) is 34.7 Å². The second-order valence-corrected chi connectivity index (χ2v) is 4.61. The summed E-state index contributed by atoms with van der Waals surface area (Å²) in [5.74, 6) is -0.761. The van der Waals surface area contributed by atoms with Crippen LogP contribution in [0.15, 0.2) is 0 Å². The maximum atomic E-state index is 11.0. The summed E-state index contributed by atoms with van der Waals surface area (Å²) < 4.78 is 5.10. The Morgan fingerprint density at radius 3 is 2.33 bits per heavy atom. The molecule has 6 heteroatoms. The Morgan fingerprint density at radius 2 is 1.93 bits per heavy atom. The molecule has 0 aliphatic carbocycles. The van der Waals surface area contributed by atoms with Crippen molar-refractivity contribution in [3.8, 4) is 0 Å². The number of hydrogen-bond donors (Lipinski definition) is 0. The Kier molecular flexibility index (Phi) is 7.12. The minimum atomic E-state index is -1.06. The molecule has 0 unspecified atom stereocenters. The number of rotatable bonds is 3. The maximum absolute atomic E-state index is 11.0. The number of hydrogen-bond acceptors (Lipinski definition) is 5. The Morgan fingerprint density at radius 1 is 1.40 bits per heavy atom. The number of carboxylic acid groups (broad SMARTS) is 1. The second kappa shape index (κ2) is 6.91. The van der Waals surface area contributed by atoms with Crippen molar-refractivity contribution in [2.45, 2.75) is 19.8 Å². The van der Waals surface area contributed by atoms with Crippen molar-refractivity contribution >= 4 is 22.8 Å². The molecule has 80 valence electrons. The van der Waals surface area contributed by atoms with Gasteiger partial charge in [-0.1, -0.05) is 11.8 Å². The molecule has 0 amide bonds. The van der Waals surface area contributed by atoms with E-state index in [9.17, 15) is 14.7 Å². The van der Waals surface area contributed by atoms with Crippen LogP contribution in [0.2, 0.25) is 0 Å². The van der Waals surface area contributed by atoms with E-state index in [1.807, 2.05) is 0 Å².